The second kappa shape index (κ2) is 5.46. The molecule has 0 atom stereocenters. The molecule has 0 aromatic heterocycles. The van der Waals surface area contributed by atoms with E-state index in [9.17, 15) is 17.2 Å². The van der Waals surface area contributed by atoms with Gasteiger partial charge in [-0.05, 0) is 29.8 Å². The monoisotopic (exact) mass is 298 g/mol. The number of anilines is 2. The van der Waals surface area contributed by atoms with Crippen LogP contribution < -0.4 is 10.5 Å². The van der Waals surface area contributed by atoms with Gasteiger partial charge in [0.2, 0.25) is 10.0 Å². The molecule has 3 N–H and O–H groups in total. The Morgan fingerprint density at radius 1 is 1.10 bits per heavy atom. The fraction of sp³-hybridized carbons (Fsp3) is 0.0769. The summed E-state index contributed by atoms with van der Waals surface area (Å²) >= 11 is 0. The van der Waals surface area contributed by atoms with Crippen LogP contribution in [0.2, 0.25) is 0 Å². The molecule has 0 fully saturated rings. The summed E-state index contributed by atoms with van der Waals surface area (Å²) in [5.74, 6) is -1.95. The molecule has 0 saturated carbocycles. The minimum atomic E-state index is -3.86. The predicted octanol–water partition coefficient (Wildman–Crippen LogP) is 2.49. The lowest BCUT2D eigenvalue weighted by atomic mass is 10.2. The molecule has 0 unspecified atom stereocenters. The van der Waals surface area contributed by atoms with Gasteiger partial charge in [-0.2, -0.15) is 0 Å². The van der Waals surface area contributed by atoms with Gasteiger partial charge in [0, 0.05) is 11.8 Å². The van der Waals surface area contributed by atoms with Crippen molar-refractivity contribution in [2.24, 2.45) is 0 Å². The predicted molar refractivity (Wildman–Crippen MR) is 73.5 cm³/mol. The number of benzene rings is 2. The molecule has 2 aromatic carbocycles. The summed E-state index contributed by atoms with van der Waals surface area (Å²) in [6.45, 7) is 0. The van der Waals surface area contributed by atoms with Crippen LogP contribution in [0.3, 0.4) is 0 Å². The molecule has 0 heterocycles. The van der Waals surface area contributed by atoms with Crippen molar-refractivity contribution in [1.82, 2.24) is 0 Å². The van der Waals surface area contributed by atoms with Crippen LogP contribution in [-0.2, 0) is 15.8 Å². The average Bonchev–Trinajstić information content (AvgIpc) is 2.33. The highest BCUT2D eigenvalue weighted by molar-refractivity contribution is 7.91. The molecule has 20 heavy (non-hydrogen) atoms. The Labute approximate surface area is 115 Å². The van der Waals surface area contributed by atoms with Crippen LogP contribution in [0, 0.1) is 11.6 Å². The van der Waals surface area contributed by atoms with Crippen LogP contribution in [0.1, 0.15) is 5.56 Å². The number of nitrogens with two attached hydrogens (primary N) is 1. The van der Waals surface area contributed by atoms with E-state index in [0.29, 0.717) is 11.3 Å². The SMILES string of the molecule is Nc1cccc(CS(=O)(=O)Nc2cc(F)ccc2F)c1. The third-order valence-corrected chi connectivity index (χ3v) is 3.75. The lowest BCUT2D eigenvalue weighted by Crippen LogP contribution is -2.16. The number of hydrogen-bond acceptors (Lipinski definition) is 3. The van der Waals surface area contributed by atoms with Crippen LogP contribution in [0.15, 0.2) is 42.5 Å². The van der Waals surface area contributed by atoms with Crippen LogP contribution in [0.4, 0.5) is 20.2 Å². The summed E-state index contributed by atoms with van der Waals surface area (Å²) in [5, 5.41) is 0. The van der Waals surface area contributed by atoms with Crippen molar-refractivity contribution in [3.05, 3.63) is 59.7 Å². The zero-order valence-electron chi connectivity index (χ0n) is 10.3. The van der Waals surface area contributed by atoms with E-state index >= 15 is 0 Å². The smallest absolute Gasteiger partial charge is 0.237 e. The average molecular weight is 298 g/mol. The summed E-state index contributed by atoms with van der Waals surface area (Å²) in [7, 11) is -3.86. The highest BCUT2D eigenvalue weighted by Gasteiger charge is 2.15. The maximum absolute atomic E-state index is 13.4. The van der Waals surface area contributed by atoms with Gasteiger partial charge in [0.15, 0.2) is 0 Å². The lowest BCUT2D eigenvalue weighted by Gasteiger charge is -2.09. The zero-order chi connectivity index (χ0) is 14.8. The number of nitrogens with one attached hydrogen (secondary N) is 1. The van der Waals surface area contributed by atoms with Crippen LogP contribution in [0.5, 0.6) is 0 Å². The summed E-state index contributed by atoms with van der Waals surface area (Å²) in [5.41, 5.74) is 6.01. The Kier molecular flexibility index (Phi) is 3.89. The van der Waals surface area contributed by atoms with Crippen LogP contribution in [-0.4, -0.2) is 8.42 Å². The molecule has 0 radical (unpaired) electrons. The molecular weight excluding hydrogens is 286 g/mol. The van der Waals surface area contributed by atoms with Crippen molar-refractivity contribution in [3.63, 3.8) is 0 Å². The van der Waals surface area contributed by atoms with Gasteiger partial charge in [0.25, 0.3) is 0 Å². The highest BCUT2D eigenvalue weighted by atomic mass is 32.2. The Balaban J connectivity index is 2.21. The Morgan fingerprint density at radius 2 is 1.85 bits per heavy atom. The van der Waals surface area contributed by atoms with Crippen LogP contribution >= 0.6 is 0 Å². The van der Waals surface area contributed by atoms with E-state index in [-0.39, 0.29) is 5.75 Å². The Hall–Kier alpha value is -2.15. The molecule has 0 amide bonds. The number of halogens is 2. The van der Waals surface area contributed by atoms with Gasteiger partial charge in [0.1, 0.15) is 11.6 Å². The first-order chi connectivity index (χ1) is 9.35. The van der Waals surface area contributed by atoms with Crippen molar-refractivity contribution in [2.75, 3.05) is 10.5 Å². The largest absolute Gasteiger partial charge is 0.399 e. The van der Waals surface area contributed by atoms with E-state index in [0.717, 1.165) is 18.2 Å². The summed E-state index contributed by atoms with van der Waals surface area (Å²) < 4.78 is 52.2. The highest BCUT2D eigenvalue weighted by Crippen LogP contribution is 2.18. The van der Waals surface area contributed by atoms with Gasteiger partial charge in [-0.15, -0.1) is 0 Å². The van der Waals surface area contributed by atoms with E-state index in [1.807, 2.05) is 4.72 Å². The summed E-state index contributed by atoms with van der Waals surface area (Å²) in [6, 6.07) is 8.86. The normalized spacial score (nSPS) is 11.3. The minimum absolute atomic E-state index is 0.381. The van der Waals surface area contributed by atoms with E-state index in [2.05, 4.69) is 0 Å². The topological polar surface area (TPSA) is 72.2 Å². The second-order valence-corrected chi connectivity index (χ2v) is 5.95. The fourth-order valence-electron chi connectivity index (χ4n) is 1.68. The maximum Gasteiger partial charge on any atom is 0.237 e. The molecule has 2 aromatic rings. The van der Waals surface area contributed by atoms with E-state index in [1.165, 1.54) is 6.07 Å². The van der Waals surface area contributed by atoms with Gasteiger partial charge < -0.3 is 5.73 Å². The minimum Gasteiger partial charge on any atom is -0.399 e. The summed E-state index contributed by atoms with van der Waals surface area (Å²) in [4.78, 5) is 0. The Bertz CT molecular complexity index is 733. The maximum atomic E-state index is 13.4. The zero-order valence-corrected chi connectivity index (χ0v) is 11.1. The number of nitrogen functional groups attached to an aromatic ring is 1. The van der Waals surface area contributed by atoms with Crippen molar-refractivity contribution in [1.29, 1.82) is 0 Å². The van der Waals surface area contributed by atoms with Crippen molar-refractivity contribution in [3.8, 4) is 0 Å². The fourth-order valence-corrected chi connectivity index (χ4v) is 2.86. The number of hydrogen-bond donors (Lipinski definition) is 2. The molecular formula is C13H12F2N2O2S. The van der Waals surface area contributed by atoms with Crippen LogP contribution in [0.25, 0.3) is 0 Å². The van der Waals surface area contributed by atoms with Crippen molar-refractivity contribution < 1.29 is 17.2 Å². The van der Waals surface area contributed by atoms with E-state index in [4.69, 9.17) is 5.73 Å². The van der Waals surface area contributed by atoms with Crippen molar-refractivity contribution >= 4 is 21.4 Å². The third-order valence-electron chi connectivity index (χ3n) is 2.50. The molecule has 7 heteroatoms. The van der Waals surface area contributed by atoms with Gasteiger partial charge in [0.05, 0.1) is 11.4 Å². The molecule has 0 saturated heterocycles. The molecule has 0 spiro atoms. The third kappa shape index (κ3) is 3.67. The standard InChI is InChI=1S/C13H12F2N2O2S/c14-10-4-5-12(15)13(7-10)17-20(18,19)8-9-2-1-3-11(16)6-9/h1-7,17H,8,16H2. The lowest BCUT2D eigenvalue weighted by molar-refractivity contribution is 0.594. The van der Waals surface area contributed by atoms with Crippen molar-refractivity contribution in [2.45, 2.75) is 5.75 Å². The number of rotatable bonds is 4. The second-order valence-electron chi connectivity index (χ2n) is 4.23. The first-order valence-electron chi connectivity index (χ1n) is 5.66. The van der Waals surface area contributed by atoms with E-state index < -0.39 is 27.3 Å². The first kappa shape index (κ1) is 14.3. The Morgan fingerprint density at radius 3 is 2.55 bits per heavy atom. The molecule has 0 aliphatic rings. The molecule has 0 bridgehead atoms. The molecule has 2 rings (SSSR count). The first-order valence-corrected chi connectivity index (χ1v) is 7.31. The van der Waals surface area contributed by atoms with E-state index in [1.54, 1.807) is 18.2 Å². The van der Waals surface area contributed by atoms with Gasteiger partial charge in [-0.25, -0.2) is 17.2 Å². The molecule has 0 aliphatic carbocycles. The number of sulfonamides is 1. The quantitative estimate of drug-likeness (QED) is 0.852. The van der Waals surface area contributed by atoms with Gasteiger partial charge >= 0.3 is 0 Å². The molecule has 4 nitrogen and oxygen atoms in total. The molecule has 0 aliphatic heterocycles. The van der Waals surface area contributed by atoms with Gasteiger partial charge in [-0.3, -0.25) is 4.72 Å². The van der Waals surface area contributed by atoms with Gasteiger partial charge in [-0.1, -0.05) is 12.1 Å². The molecule has 106 valence electrons. The summed E-state index contributed by atoms with van der Waals surface area (Å²) in [6.07, 6.45) is 0.